The van der Waals surface area contributed by atoms with Crippen molar-refractivity contribution in [1.29, 1.82) is 0 Å². The first-order valence-electron chi connectivity index (χ1n) is 9.47. The van der Waals surface area contributed by atoms with E-state index in [1.54, 1.807) is 19.1 Å². The number of rotatable bonds is 6. The van der Waals surface area contributed by atoms with Crippen molar-refractivity contribution in [1.82, 2.24) is 4.90 Å². The van der Waals surface area contributed by atoms with E-state index in [1.807, 2.05) is 60.5 Å². The van der Waals surface area contributed by atoms with Gasteiger partial charge in [0.1, 0.15) is 5.75 Å². The second-order valence-corrected chi connectivity index (χ2v) is 7.56. The number of benzene rings is 2. The van der Waals surface area contributed by atoms with Gasteiger partial charge in [0.05, 0.1) is 13.2 Å². The number of carbonyl (C=O) groups is 1. The molecule has 1 fully saturated rings. The number of anilines is 1. The Balaban J connectivity index is 1.81. The Bertz CT molecular complexity index is 779. The number of urea groups is 1. The quantitative estimate of drug-likeness (QED) is 0.684. The highest BCUT2D eigenvalue weighted by Gasteiger charge is 2.33. The predicted molar refractivity (Wildman–Crippen MR) is 112 cm³/mol. The zero-order valence-electron chi connectivity index (χ0n) is 16.6. The van der Waals surface area contributed by atoms with Crippen molar-refractivity contribution in [2.75, 3.05) is 26.2 Å². The van der Waals surface area contributed by atoms with E-state index >= 15 is 0 Å². The van der Waals surface area contributed by atoms with Crippen molar-refractivity contribution in [3.63, 3.8) is 0 Å². The molecule has 150 valence electrons. The van der Waals surface area contributed by atoms with E-state index in [1.165, 1.54) is 0 Å². The van der Waals surface area contributed by atoms with Gasteiger partial charge in [-0.15, -0.1) is 0 Å². The molecule has 0 N–H and O–H groups in total. The maximum Gasteiger partial charge on any atom is 0.324 e. The zero-order valence-corrected chi connectivity index (χ0v) is 17.4. The van der Waals surface area contributed by atoms with Gasteiger partial charge in [-0.3, -0.25) is 4.90 Å². The molecule has 3 rings (SSSR count). The number of amides is 2. The molecule has 0 bridgehead atoms. The molecule has 0 radical (unpaired) electrons. The highest BCUT2D eigenvalue weighted by molar-refractivity contribution is 6.30. The Kier molecular flexibility index (Phi) is 6.81. The second kappa shape index (κ2) is 9.30. The third kappa shape index (κ3) is 4.78. The van der Waals surface area contributed by atoms with Crippen LogP contribution in [0.2, 0.25) is 5.02 Å². The van der Waals surface area contributed by atoms with Crippen molar-refractivity contribution in [3.05, 3.63) is 59.1 Å². The molecule has 2 aromatic rings. The van der Waals surface area contributed by atoms with Crippen LogP contribution in [0.15, 0.2) is 48.5 Å². The molecule has 5 nitrogen and oxygen atoms in total. The summed E-state index contributed by atoms with van der Waals surface area (Å²) in [6.45, 7) is 0.539. The molecular weight excluding hydrogens is 376 g/mol. The third-order valence-corrected chi connectivity index (χ3v) is 5.64. The van der Waals surface area contributed by atoms with E-state index in [2.05, 4.69) is 0 Å². The van der Waals surface area contributed by atoms with E-state index in [0.717, 1.165) is 36.3 Å². The molecule has 2 aromatic carbocycles. The van der Waals surface area contributed by atoms with Crippen LogP contribution in [0.3, 0.4) is 0 Å². The van der Waals surface area contributed by atoms with Crippen LogP contribution in [0, 0.1) is 0 Å². The van der Waals surface area contributed by atoms with E-state index in [4.69, 9.17) is 21.1 Å². The maximum absolute atomic E-state index is 13.4. The number of hydrogen-bond donors (Lipinski definition) is 0. The van der Waals surface area contributed by atoms with Gasteiger partial charge in [-0.05, 0) is 61.2 Å². The molecular formula is C22H27ClN2O3. The Morgan fingerprint density at radius 1 is 1.07 bits per heavy atom. The average molecular weight is 403 g/mol. The van der Waals surface area contributed by atoms with Crippen molar-refractivity contribution in [3.8, 4) is 5.75 Å². The lowest BCUT2D eigenvalue weighted by Crippen LogP contribution is -2.46. The summed E-state index contributed by atoms with van der Waals surface area (Å²) in [7, 11) is 5.17. The molecule has 1 saturated carbocycles. The van der Waals surface area contributed by atoms with Crippen LogP contribution in [0.25, 0.3) is 0 Å². The van der Waals surface area contributed by atoms with Crippen LogP contribution in [0.4, 0.5) is 10.5 Å². The average Bonchev–Trinajstić information content (AvgIpc) is 3.21. The summed E-state index contributed by atoms with van der Waals surface area (Å²) in [6.07, 6.45) is 2.97. The van der Waals surface area contributed by atoms with E-state index in [9.17, 15) is 4.79 Å². The third-order valence-electron chi connectivity index (χ3n) is 5.39. The Morgan fingerprint density at radius 2 is 1.75 bits per heavy atom. The van der Waals surface area contributed by atoms with Crippen LogP contribution in [-0.4, -0.2) is 44.3 Å². The topological polar surface area (TPSA) is 42.0 Å². The summed E-state index contributed by atoms with van der Waals surface area (Å²) in [5.74, 6) is 0.765. The fourth-order valence-corrected chi connectivity index (χ4v) is 3.79. The molecule has 1 aliphatic carbocycles. The van der Waals surface area contributed by atoms with Gasteiger partial charge in [-0.25, -0.2) is 4.79 Å². The molecule has 0 saturated heterocycles. The molecule has 0 spiro atoms. The summed E-state index contributed by atoms with van der Waals surface area (Å²) in [5.41, 5.74) is 1.88. The van der Waals surface area contributed by atoms with Gasteiger partial charge in [0.15, 0.2) is 0 Å². The minimum absolute atomic E-state index is 0.0260. The summed E-state index contributed by atoms with van der Waals surface area (Å²) >= 11 is 6.02. The Labute approximate surface area is 171 Å². The second-order valence-electron chi connectivity index (χ2n) is 7.12. The SMILES string of the molecule is COc1ccc(N(C)C(=O)N(Cc2ccc(Cl)cc2)C2CCC(OC)C2)cc1. The number of hydrogen-bond acceptors (Lipinski definition) is 3. The maximum atomic E-state index is 13.4. The molecule has 0 heterocycles. The van der Waals surface area contributed by atoms with Gasteiger partial charge in [0, 0.05) is 37.5 Å². The van der Waals surface area contributed by atoms with Gasteiger partial charge >= 0.3 is 6.03 Å². The molecule has 1 aliphatic rings. The fraction of sp³-hybridized carbons (Fsp3) is 0.409. The number of methoxy groups -OCH3 is 2. The molecule has 2 amide bonds. The van der Waals surface area contributed by atoms with Crippen LogP contribution in [-0.2, 0) is 11.3 Å². The summed E-state index contributed by atoms with van der Waals surface area (Å²) < 4.78 is 10.7. The number of halogens is 1. The first kappa shape index (κ1) is 20.5. The number of ether oxygens (including phenoxy) is 2. The largest absolute Gasteiger partial charge is 0.497 e. The first-order valence-corrected chi connectivity index (χ1v) is 9.85. The lowest BCUT2D eigenvalue weighted by atomic mass is 10.1. The minimum Gasteiger partial charge on any atom is -0.497 e. The molecule has 0 aliphatic heterocycles. The van der Waals surface area contributed by atoms with Crippen LogP contribution in [0.1, 0.15) is 24.8 Å². The van der Waals surface area contributed by atoms with Crippen LogP contribution in [0.5, 0.6) is 5.75 Å². The lowest BCUT2D eigenvalue weighted by molar-refractivity contribution is 0.0995. The van der Waals surface area contributed by atoms with Crippen molar-refractivity contribution in [2.24, 2.45) is 0 Å². The zero-order chi connectivity index (χ0) is 20.1. The van der Waals surface area contributed by atoms with Crippen molar-refractivity contribution in [2.45, 2.75) is 38.0 Å². The van der Waals surface area contributed by atoms with Crippen LogP contribution < -0.4 is 9.64 Å². The van der Waals surface area contributed by atoms with Gasteiger partial charge in [-0.1, -0.05) is 23.7 Å². The number of nitrogens with zero attached hydrogens (tertiary/aromatic N) is 2. The van der Waals surface area contributed by atoms with Gasteiger partial charge in [0.2, 0.25) is 0 Å². The first-order chi connectivity index (χ1) is 13.5. The predicted octanol–water partition coefficient (Wildman–Crippen LogP) is 4.97. The Morgan fingerprint density at radius 3 is 2.32 bits per heavy atom. The summed E-state index contributed by atoms with van der Waals surface area (Å²) in [5, 5.41) is 0.692. The minimum atomic E-state index is -0.0260. The lowest BCUT2D eigenvalue weighted by Gasteiger charge is -2.33. The normalized spacial score (nSPS) is 18.7. The van der Waals surface area contributed by atoms with Gasteiger partial charge < -0.3 is 14.4 Å². The van der Waals surface area contributed by atoms with Crippen LogP contribution >= 0.6 is 11.6 Å². The summed E-state index contributed by atoms with van der Waals surface area (Å²) in [4.78, 5) is 17.0. The standard InChI is InChI=1S/C22H27ClN2O3/c1-24(18-8-11-20(27-2)12-9-18)22(26)25(19-10-13-21(14-19)28-3)15-16-4-6-17(23)7-5-16/h4-9,11-12,19,21H,10,13-15H2,1-3H3. The highest BCUT2D eigenvalue weighted by atomic mass is 35.5. The fourth-order valence-electron chi connectivity index (χ4n) is 3.66. The monoisotopic (exact) mass is 402 g/mol. The van der Waals surface area contributed by atoms with Crippen molar-refractivity contribution >= 4 is 23.3 Å². The highest BCUT2D eigenvalue weighted by Crippen LogP contribution is 2.29. The molecule has 2 atom stereocenters. The molecule has 2 unspecified atom stereocenters. The number of carbonyl (C=O) groups excluding carboxylic acids is 1. The van der Waals surface area contributed by atoms with E-state index in [0.29, 0.717) is 11.6 Å². The van der Waals surface area contributed by atoms with E-state index < -0.39 is 0 Å². The Hall–Kier alpha value is -2.24. The van der Waals surface area contributed by atoms with Gasteiger partial charge in [0.25, 0.3) is 0 Å². The van der Waals surface area contributed by atoms with Gasteiger partial charge in [-0.2, -0.15) is 0 Å². The molecule has 6 heteroatoms. The molecule has 28 heavy (non-hydrogen) atoms. The molecule has 0 aromatic heterocycles. The smallest absolute Gasteiger partial charge is 0.324 e. The van der Waals surface area contributed by atoms with E-state index in [-0.39, 0.29) is 18.2 Å². The van der Waals surface area contributed by atoms with Crippen molar-refractivity contribution < 1.29 is 14.3 Å². The summed E-state index contributed by atoms with van der Waals surface area (Å²) in [6, 6.07) is 15.3.